The summed E-state index contributed by atoms with van der Waals surface area (Å²) in [5.41, 5.74) is 0. The second-order valence-electron chi connectivity index (χ2n) is 5.30. The van der Waals surface area contributed by atoms with Crippen LogP contribution in [-0.4, -0.2) is 42.5 Å². The van der Waals surface area contributed by atoms with Gasteiger partial charge in [0.1, 0.15) is 0 Å². The molecule has 1 rings (SSSR count). The van der Waals surface area contributed by atoms with Crippen LogP contribution in [0.4, 0.5) is 0 Å². The van der Waals surface area contributed by atoms with Crippen LogP contribution in [0.3, 0.4) is 0 Å². The molecular formula is C15H28ClNO2. The molecule has 0 aliphatic carbocycles. The maximum atomic E-state index is 12.0. The lowest BCUT2D eigenvalue weighted by molar-refractivity contribution is -0.133. The van der Waals surface area contributed by atoms with Crippen molar-refractivity contribution in [2.75, 3.05) is 25.6 Å². The lowest BCUT2D eigenvalue weighted by Crippen LogP contribution is -2.40. The Morgan fingerprint density at radius 1 is 1.21 bits per heavy atom. The largest absolute Gasteiger partial charge is 0.377 e. The van der Waals surface area contributed by atoms with E-state index < -0.39 is 0 Å². The summed E-state index contributed by atoms with van der Waals surface area (Å²) in [5, 5.41) is 0. The van der Waals surface area contributed by atoms with Crippen molar-refractivity contribution in [3.05, 3.63) is 0 Å². The number of alkyl halides is 1. The summed E-state index contributed by atoms with van der Waals surface area (Å²) < 4.78 is 5.62. The molecule has 0 unspecified atom stereocenters. The first-order valence-corrected chi connectivity index (χ1v) is 8.26. The van der Waals surface area contributed by atoms with Gasteiger partial charge in [-0.1, -0.05) is 32.6 Å². The number of piperidine rings is 1. The van der Waals surface area contributed by atoms with E-state index in [9.17, 15) is 4.79 Å². The monoisotopic (exact) mass is 289 g/mol. The molecule has 0 atom stereocenters. The summed E-state index contributed by atoms with van der Waals surface area (Å²) in [7, 11) is 0. The average molecular weight is 290 g/mol. The van der Waals surface area contributed by atoms with Gasteiger partial charge in [-0.05, 0) is 19.3 Å². The Balaban J connectivity index is 2.07. The smallest absolute Gasteiger partial charge is 0.222 e. The molecule has 4 heteroatoms. The maximum Gasteiger partial charge on any atom is 0.222 e. The van der Waals surface area contributed by atoms with Crippen LogP contribution in [0.5, 0.6) is 0 Å². The number of carbonyl (C=O) groups is 1. The molecule has 0 aromatic carbocycles. The molecule has 0 aromatic rings. The molecule has 1 aliphatic rings. The Hall–Kier alpha value is -0.280. The van der Waals surface area contributed by atoms with Gasteiger partial charge in [-0.2, -0.15) is 0 Å². The zero-order chi connectivity index (χ0) is 13.9. The minimum absolute atomic E-state index is 0.298. The normalized spacial score (nSPS) is 16.8. The van der Waals surface area contributed by atoms with E-state index in [1.807, 2.05) is 4.90 Å². The third kappa shape index (κ3) is 7.17. The van der Waals surface area contributed by atoms with Crippen molar-refractivity contribution in [1.82, 2.24) is 4.90 Å². The standard InChI is InChI=1S/C15H28ClNO2/c1-2-3-4-5-6-7-15(18)17-11-8-14(9-12-17)19-13-10-16/h14H,2-13H2,1H3. The molecule has 0 radical (unpaired) electrons. The molecule has 112 valence electrons. The van der Waals surface area contributed by atoms with E-state index in [1.165, 1.54) is 25.7 Å². The summed E-state index contributed by atoms with van der Waals surface area (Å²) in [6.45, 7) is 4.53. The van der Waals surface area contributed by atoms with Crippen LogP contribution in [0.2, 0.25) is 0 Å². The number of halogens is 1. The molecule has 1 amide bonds. The van der Waals surface area contributed by atoms with Crippen LogP contribution >= 0.6 is 11.6 Å². The minimum atomic E-state index is 0.298. The highest BCUT2D eigenvalue weighted by Crippen LogP contribution is 2.16. The quantitative estimate of drug-likeness (QED) is 0.479. The lowest BCUT2D eigenvalue weighted by atomic mass is 10.1. The van der Waals surface area contributed by atoms with E-state index in [0.717, 1.165) is 38.8 Å². The highest BCUT2D eigenvalue weighted by Gasteiger charge is 2.22. The maximum absolute atomic E-state index is 12.0. The number of amides is 1. The number of ether oxygens (including phenoxy) is 1. The Bertz CT molecular complexity index is 240. The minimum Gasteiger partial charge on any atom is -0.377 e. The second kappa shape index (κ2) is 10.5. The van der Waals surface area contributed by atoms with Crippen molar-refractivity contribution >= 4 is 17.5 Å². The Morgan fingerprint density at radius 2 is 1.89 bits per heavy atom. The molecule has 0 N–H and O–H groups in total. The van der Waals surface area contributed by atoms with Crippen molar-refractivity contribution in [3.63, 3.8) is 0 Å². The van der Waals surface area contributed by atoms with E-state index in [0.29, 0.717) is 24.5 Å². The second-order valence-corrected chi connectivity index (χ2v) is 5.68. The van der Waals surface area contributed by atoms with Crippen LogP contribution in [0.25, 0.3) is 0 Å². The summed E-state index contributed by atoms with van der Waals surface area (Å²) >= 11 is 5.60. The SMILES string of the molecule is CCCCCCCC(=O)N1CCC(OCCCl)CC1. The van der Waals surface area contributed by atoms with Crippen molar-refractivity contribution in [3.8, 4) is 0 Å². The lowest BCUT2D eigenvalue weighted by Gasteiger charge is -2.32. The first kappa shape index (κ1) is 16.8. The Labute approximate surface area is 122 Å². The van der Waals surface area contributed by atoms with E-state index in [1.54, 1.807) is 0 Å². The van der Waals surface area contributed by atoms with Gasteiger partial charge in [0.2, 0.25) is 5.91 Å². The number of rotatable bonds is 9. The van der Waals surface area contributed by atoms with E-state index in [-0.39, 0.29) is 0 Å². The van der Waals surface area contributed by atoms with Gasteiger partial charge >= 0.3 is 0 Å². The molecule has 19 heavy (non-hydrogen) atoms. The molecule has 0 saturated carbocycles. The van der Waals surface area contributed by atoms with Crippen molar-refractivity contribution in [2.45, 2.75) is 64.4 Å². The molecule has 1 saturated heterocycles. The number of nitrogens with zero attached hydrogens (tertiary/aromatic N) is 1. The van der Waals surface area contributed by atoms with Gasteiger partial charge in [0, 0.05) is 25.4 Å². The summed E-state index contributed by atoms with van der Waals surface area (Å²) in [4.78, 5) is 14.0. The molecule has 0 aromatic heterocycles. The Morgan fingerprint density at radius 3 is 2.53 bits per heavy atom. The van der Waals surface area contributed by atoms with Crippen LogP contribution in [-0.2, 0) is 9.53 Å². The van der Waals surface area contributed by atoms with Crippen molar-refractivity contribution < 1.29 is 9.53 Å². The van der Waals surface area contributed by atoms with Gasteiger partial charge in [0.15, 0.2) is 0 Å². The van der Waals surface area contributed by atoms with Crippen LogP contribution in [0, 0.1) is 0 Å². The number of carbonyl (C=O) groups excluding carboxylic acids is 1. The molecule has 1 fully saturated rings. The van der Waals surface area contributed by atoms with Crippen LogP contribution in [0.1, 0.15) is 58.3 Å². The third-order valence-electron chi connectivity index (χ3n) is 3.72. The number of likely N-dealkylation sites (tertiary alicyclic amines) is 1. The van der Waals surface area contributed by atoms with Gasteiger partial charge in [-0.25, -0.2) is 0 Å². The fourth-order valence-corrected chi connectivity index (χ4v) is 2.61. The number of hydrogen-bond acceptors (Lipinski definition) is 2. The highest BCUT2D eigenvalue weighted by molar-refractivity contribution is 6.17. The predicted octanol–water partition coefficient (Wildman–Crippen LogP) is 3.59. The zero-order valence-electron chi connectivity index (χ0n) is 12.2. The molecule has 1 heterocycles. The number of hydrogen-bond donors (Lipinski definition) is 0. The van der Waals surface area contributed by atoms with Gasteiger partial charge < -0.3 is 9.64 Å². The van der Waals surface area contributed by atoms with Crippen molar-refractivity contribution in [1.29, 1.82) is 0 Å². The van der Waals surface area contributed by atoms with E-state index in [2.05, 4.69) is 6.92 Å². The summed E-state index contributed by atoms with van der Waals surface area (Å²) in [6.07, 6.45) is 8.97. The van der Waals surface area contributed by atoms with Gasteiger partial charge in [-0.15, -0.1) is 11.6 Å². The fraction of sp³-hybridized carbons (Fsp3) is 0.933. The van der Waals surface area contributed by atoms with Gasteiger partial charge in [-0.3, -0.25) is 4.79 Å². The molecular weight excluding hydrogens is 262 g/mol. The van der Waals surface area contributed by atoms with E-state index >= 15 is 0 Å². The molecule has 0 bridgehead atoms. The Kier molecular flexibility index (Phi) is 9.27. The topological polar surface area (TPSA) is 29.5 Å². The first-order valence-electron chi connectivity index (χ1n) is 7.73. The third-order valence-corrected chi connectivity index (χ3v) is 3.87. The molecule has 1 aliphatic heterocycles. The molecule has 0 spiro atoms. The highest BCUT2D eigenvalue weighted by atomic mass is 35.5. The van der Waals surface area contributed by atoms with Crippen LogP contribution in [0.15, 0.2) is 0 Å². The van der Waals surface area contributed by atoms with E-state index in [4.69, 9.17) is 16.3 Å². The number of unbranched alkanes of at least 4 members (excludes halogenated alkanes) is 4. The summed E-state index contributed by atoms with van der Waals surface area (Å²) in [5.74, 6) is 0.879. The molecule has 3 nitrogen and oxygen atoms in total. The predicted molar refractivity (Wildman–Crippen MR) is 79.7 cm³/mol. The average Bonchev–Trinajstić information content (AvgIpc) is 2.45. The first-order chi connectivity index (χ1) is 9.27. The fourth-order valence-electron chi connectivity index (χ4n) is 2.52. The van der Waals surface area contributed by atoms with Crippen LogP contribution < -0.4 is 0 Å². The van der Waals surface area contributed by atoms with Gasteiger partial charge in [0.05, 0.1) is 12.7 Å². The zero-order valence-corrected chi connectivity index (χ0v) is 13.0. The van der Waals surface area contributed by atoms with Crippen molar-refractivity contribution in [2.24, 2.45) is 0 Å². The van der Waals surface area contributed by atoms with Gasteiger partial charge in [0.25, 0.3) is 0 Å². The summed E-state index contributed by atoms with van der Waals surface area (Å²) in [6, 6.07) is 0.